The second-order valence-corrected chi connectivity index (χ2v) is 11.5. The van der Waals surface area contributed by atoms with Crippen LogP contribution in [0.25, 0.3) is 0 Å². The van der Waals surface area contributed by atoms with Crippen molar-refractivity contribution in [3.05, 3.63) is 94.5 Å². The third-order valence-electron chi connectivity index (χ3n) is 6.62. The minimum Gasteiger partial charge on any atom is -0.355 e. The number of benzene rings is 3. The maximum absolute atomic E-state index is 13.9. The maximum Gasteiger partial charge on any atom is 0.264 e. The third-order valence-corrected chi connectivity index (χ3v) is 8.41. The van der Waals surface area contributed by atoms with Gasteiger partial charge in [-0.05, 0) is 82.5 Å². The van der Waals surface area contributed by atoms with Crippen LogP contribution in [-0.2, 0) is 26.2 Å². The first kappa shape index (κ1) is 28.9. The molecule has 0 bridgehead atoms. The first-order valence-electron chi connectivity index (χ1n) is 12.7. The second-order valence-electron chi connectivity index (χ2n) is 9.67. The summed E-state index contributed by atoms with van der Waals surface area (Å²) in [4.78, 5) is 28.2. The molecule has 1 atom stereocenters. The lowest BCUT2D eigenvalue weighted by atomic mass is 10.1. The molecule has 0 saturated carbocycles. The highest BCUT2D eigenvalue weighted by atomic mass is 32.2. The van der Waals surface area contributed by atoms with Gasteiger partial charge in [0.2, 0.25) is 11.8 Å². The zero-order chi connectivity index (χ0) is 28.0. The average molecular weight is 536 g/mol. The Morgan fingerprint density at radius 2 is 1.55 bits per heavy atom. The van der Waals surface area contributed by atoms with Crippen LogP contribution in [0.5, 0.6) is 0 Å². The number of anilines is 1. The molecule has 1 N–H and O–H groups in total. The molecule has 0 spiro atoms. The van der Waals surface area contributed by atoms with E-state index in [-0.39, 0.29) is 17.3 Å². The second kappa shape index (κ2) is 12.3. The molecule has 0 aliphatic rings. The van der Waals surface area contributed by atoms with Crippen molar-refractivity contribution >= 4 is 27.5 Å². The van der Waals surface area contributed by atoms with Crippen LogP contribution in [0.15, 0.2) is 71.6 Å². The number of likely N-dealkylation sites (N-methyl/N-ethyl adjacent to an activating group) is 1. The quantitative estimate of drug-likeness (QED) is 0.409. The molecule has 0 aromatic heterocycles. The Labute approximate surface area is 226 Å². The van der Waals surface area contributed by atoms with Gasteiger partial charge in [-0.15, -0.1) is 0 Å². The Hall–Kier alpha value is -3.65. The van der Waals surface area contributed by atoms with E-state index in [2.05, 4.69) is 5.32 Å². The molecular weight excluding hydrogens is 498 g/mol. The predicted molar refractivity (Wildman–Crippen MR) is 152 cm³/mol. The fourth-order valence-corrected chi connectivity index (χ4v) is 5.56. The van der Waals surface area contributed by atoms with Gasteiger partial charge in [0, 0.05) is 13.1 Å². The summed E-state index contributed by atoms with van der Waals surface area (Å²) < 4.78 is 28.9. The Morgan fingerprint density at radius 3 is 2.16 bits per heavy atom. The number of carbonyl (C=O) groups is 2. The third kappa shape index (κ3) is 6.81. The van der Waals surface area contributed by atoms with Gasteiger partial charge >= 0.3 is 0 Å². The number of hydrogen-bond acceptors (Lipinski definition) is 4. The van der Waals surface area contributed by atoms with Crippen LogP contribution in [0.3, 0.4) is 0 Å². The molecule has 0 radical (unpaired) electrons. The Morgan fingerprint density at radius 1 is 0.868 bits per heavy atom. The summed E-state index contributed by atoms with van der Waals surface area (Å²) in [6.07, 6.45) is 0. The van der Waals surface area contributed by atoms with Gasteiger partial charge in [-0.3, -0.25) is 13.9 Å². The molecule has 3 rings (SSSR count). The fraction of sp³-hybridized carbons (Fsp3) is 0.333. The van der Waals surface area contributed by atoms with Gasteiger partial charge in [0.15, 0.2) is 0 Å². The van der Waals surface area contributed by atoms with Gasteiger partial charge in [-0.1, -0.05) is 53.6 Å². The number of rotatable bonds is 10. The van der Waals surface area contributed by atoms with Crippen LogP contribution in [0.4, 0.5) is 5.69 Å². The molecule has 0 aliphatic carbocycles. The molecule has 0 fully saturated rings. The highest BCUT2D eigenvalue weighted by molar-refractivity contribution is 7.92. The van der Waals surface area contributed by atoms with E-state index < -0.39 is 28.5 Å². The first-order valence-corrected chi connectivity index (χ1v) is 14.2. The zero-order valence-corrected chi connectivity index (χ0v) is 23.8. The van der Waals surface area contributed by atoms with Gasteiger partial charge < -0.3 is 10.2 Å². The maximum atomic E-state index is 13.9. The van der Waals surface area contributed by atoms with Crippen molar-refractivity contribution in [2.75, 3.05) is 17.4 Å². The number of amides is 2. The summed E-state index contributed by atoms with van der Waals surface area (Å²) in [6.45, 7) is 11.3. The van der Waals surface area contributed by atoms with E-state index >= 15 is 0 Å². The number of hydrogen-bond donors (Lipinski definition) is 1. The first-order chi connectivity index (χ1) is 17.9. The number of nitrogens with one attached hydrogen (secondary N) is 1. The minimum atomic E-state index is -4.08. The van der Waals surface area contributed by atoms with E-state index in [1.54, 1.807) is 43.3 Å². The topological polar surface area (TPSA) is 86.8 Å². The Kier molecular flexibility index (Phi) is 9.33. The Balaban J connectivity index is 2.06. The molecule has 3 aromatic carbocycles. The highest BCUT2D eigenvalue weighted by Gasteiger charge is 2.32. The SMILES string of the molecule is CCNC(=O)C(C)N(Cc1cccc(C)c1)C(=O)CN(c1ccc(C)c(C)c1)S(=O)(=O)c1ccc(C)cc1. The molecule has 7 nitrogen and oxygen atoms in total. The summed E-state index contributed by atoms with van der Waals surface area (Å²) in [5.41, 5.74) is 5.12. The smallest absolute Gasteiger partial charge is 0.264 e. The standard InChI is InChI=1S/C30H37N3O4S/c1-7-31-30(35)25(6)32(19-26-10-8-9-22(3)17-26)29(34)20-33(27-14-13-23(4)24(5)18-27)38(36,37)28-15-11-21(2)12-16-28/h8-18,25H,7,19-20H2,1-6H3,(H,31,35). The molecule has 8 heteroatoms. The fourth-order valence-electron chi connectivity index (χ4n) is 4.16. The summed E-state index contributed by atoms with van der Waals surface area (Å²) in [6, 6.07) is 18.8. The van der Waals surface area contributed by atoms with Crippen LogP contribution < -0.4 is 9.62 Å². The lowest BCUT2D eigenvalue weighted by molar-refractivity contribution is -0.139. The molecule has 2 amide bonds. The van der Waals surface area contributed by atoms with Gasteiger partial charge in [0.05, 0.1) is 10.6 Å². The van der Waals surface area contributed by atoms with E-state index in [9.17, 15) is 18.0 Å². The van der Waals surface area contributed by atoms with Crippen molar-refractivity contribution < 1.29 is 18.0 Å². The van der Waals surface area contributed by atoms with E-state index in [1.165, 1.54) is 4.90 Å². The minimum absolute atomic E-state index is 0.0936. The van der Waals surface area contributed by atoms with Gasteiger partial charge in [0.1, 0.15) is 12.6 Å². The van der Waals surface area contributed by atoms with Crippen molar-refractivity contribution in [3.8, 4) is 0 Å². The molecule has 0 aliphatic heterocycles. The van der Waals surface area contributed by atoms with Crippen LogP contribution in [0.1, 0.15) is 41.7 Å². The summed E-state index contributed by atoms with van der Waals surface area (Å²) >= 11 is 0. The van der Waals surface area contributed by atoms with Gasteiger partial charge in [-0.2, -0.15) is 0 Å². The summed E-state index contributed by atoms with van der Waals surface area (Å²) in [5, 5.41) is 2.77. The van der Waals surface area contributed by atoms with Crippen molar-refractivity contribution in [1.29, 1.82) is 0 Å². The zero-order valence-electron chi connectivity index (χ0n) is 23.0. The van der Waals surface area contributed by atoms with Crippen LogP contribution >= 0.6 is 0 Å². The van der Waals surface area contributed by atoms with Gasteiger partial charge in [-0.25, -0.2) is 8.42 Å². The molecule has 0 saturated heterocycles. The lowest BCUT2D eigenvalue weighted by Gasteiger charge is -2.32. The van der Waals surface area contributed by atoms with Crippen LogP contribution in [0, 0.1) is 27.7 Å². The summed E-state index contributed by atoms with van der Waals surface area (Å²) in [7, 11) is -4.08. The van der Waals surface area contributed by atoms with Crippen molar-refractivity contribution in [2.45, 2.75) is 59.0 Å². The monoisotopic (exact) mass is 535 g/mol. The van der Waals surface area contributed by atoms with Crippen LogP contribution in [-0.4, -0.2) is 44.3 Å². The van der Waals surface area contributed by atoms with Crippen molar-refractivity contribution in [1.82, 2.24) is 10.2 Å². The number of carbonyl (C=O) groups excluding carboxylic acids is 2. The highest BCUT2D eigenvalue weighted by Crippen LogP contribution is 2.27. The van der Waals surface area contributed by atoms with E-state index in [0.29, 0.717) is 12.2 Å². The summed E-state index contributed by atoms with van der Waals surface area (Å²) in [5.74, 6) is -0.771. The molecule has 1 unspecified atom stereocenters. The lowest BCUT2D eigenvalue weighted by Crippen LogP contribution is -2.51. The molecule has 0 heterocycles. The van der Waals surface area contributed by atoms with Crippen molar-refractivity contribution in [3.63, 3.8) is 0 Å². The number of aryl methyl sites for hydroxylation is 4. The van der Waals surface area contributed by atoms with E-state index in [0.717, 1.165) is 32.1 Å². The molecule has 3 aromatic rings. The molecule has 38 heavy (non-hydrogen) atoms. The van der Waals surface area contributed by atoms with Crippen molar-refractivity contribution in [2.24, 2.45) is 0 Å². The molecular formula is C30H37N3O4S. The number of sulfonamides is 1. The number of nitrogens with zero attached hydrogens (tertiary/aromatic N) is 2. The van der Waals surface area contributed by atoms with E-state index in [4.69, 9.17) is 0 Å². The molecule has 202 valence electrons. The van der Waals surface area contributed by atoms with E-state index in [1.807, 2.05) is 65.0 Å². The Bertz CT molecular complexity index is 1400. The largest absolute Gasteiger partial charge is 0.355 e. The van der Waals surface area contributed by atoms with Gasteiger partial charge in [0.25, 0.3) is 10.0 Å². The normalized spacial score (nSPS) is 12.1. The van der Waals surface area contributed by atoms with Crippen LogP contribution in [0.2, 0.25) is 0 Å². The predicted octanol–water partition coefficient (Wildman–Crippen LogP) is 4.67. The average Bonchev–Trinajstić information content (AvgIpc) is 2.87.